The molecule has 1 amide bonds. The first-order chi connectivity index (χ1) is 12.9. The van der Waals surface area contributed by atoms with Crippen LogP contribution in [0.3, 0.4) is 0 Å². The van der Waals surface area contributed by atoms with Gasteiger partial charge in [0.25, 0.3) is 5.91 Å². The number of aromatic nitrogens is 2. The van der Waals surface area contributed by atoms with Gasteiger partial charge in [0.2, 0.25) is 5.96 Å². The first kappa shape index (κ1) is 17.6. The third kappa shape index (κ3) is 2.79. The lowest BCUT2D eigenvalue weighted by Gasteiger charge is -2.33. The Morgan fingerprint density at radius 1 is 1.30 bits per heavy atom. The van der Waals surface area contributed by atoms with Gasteiger partial charge in [-0.2, -0.15) is 0 Å². The maximum absolute atomic E-state index is 14.1. The van der Waals surface area contributed by atoms with E-state index in [1.807, 2.05) is 11.8 Å². The van der Waals surface area contributed by atoms with Crippen molar-refractivity contribution in [2.75, 3.05) is 18.0 Å². The van der Waals surface area contributed by atoms with Crippen molar-refractivity contribution in [2.45, 2.75) is 33.4 Å². The first-order valence-electron chi connectivity index (χ1n) is 9.07. The number of rotatable bonds is 4. The van der Waals surface area contributed by atoms with Gasteiger partial charge in [0, 0.05) is 18.2 Å². The molecule has 0 bridgehead atoms. The Kier molecular flexibility index (Phi) is 4.20. The summed E-state index contributed by atoms with van der Waals surface area (Å²) in [5, 5.41) is 0. The molecule has 4 rings (SSSR count). The molecule has 0 saturated carbocycles. The molecule has 3 heterocycles. The van der Waals surface area contributed by atoms with Crippen LogP contribution < -0.4 is 4.90 Å². The first-order valence-corrected chi connectivity index (χ1v) is 9.07. The number of hydrogen-bond donors (Lipinski definition) is 0. The van der Waals surface area contributed by atoms with Crippen LogP contribution in [-0.2, 0) is 6.54 Å². The third-order valence-corrected chi connectivity index (χ3v) is 5.09. The molecular formula is C19H21F2N5O. The standard InChI is InChI=1S/C19H21F2N5O/c1-4-25-18(27)16-17(26-9-15(11(2)3)23-19(25)26)24(10-22-16)8-12-5-6-13(20)7-14(12)21/h5-7,10-11,15H,4,8-9H2,1-3H3/t15-/m0/s1. The summed E-state index contributed by atoms with van der Waals surface area (Å²) >= 11 is 0. The molecule has 1 aromatic heterocycles. The van der Waals surface area contributed by atoms with Gasteiger partial charge in [-0.3, -0.25) is 14.6 Å². The number of halogens is 2. The summed E-state index contributed by atoms with van der Waals surface area (Å²) < 4.78 is 29.0. The molecule has 0 spiro atoms. The second kappa shape index (κ2) is 6.44. The van der Waals surface area contributed by atoms with Crippen molar-refractivity contribution in [3.05, 3.63) is 47.4 Å². The minimum Gasteiger partial charge on any atom is -0.312 e. The van der Waals surface area contributed by atoms with Crippen LogP contribution in [-0.4, -0.2) is 45.4 Å². The minimum absolute atomic E-state index is 0.0682. The van der Waals surface area contributed by atoms with Crippen LogP contribution in [0.2, 0.25) is 0 Å². The summed E-state index contributed by atoms with van der Waals surface area (Å²) in [6, 6.07) is 3.57. The molecular weight excluding hydrogens is 352 g/mol. The lowest BCUT2D eigenvalue weighted by molar-refractivity contribution is 0.0841. The van der Waals surface area contributed by atoms with Crippen LogP contribution in [0.5, 0.6) is 0 Å². The van der Waals surface area contributed by atoms with E-state index < -0.39 is 11.6 Å². The molecule has 2 aliphatic heterocycles. The van der Waals surface area contributed by atoms with Crippen molar-refractivity contribution in [1.82, 2.24) is 14.5 Å². The molecule has 2 aliphatic rings. The number of carbonyl (C=O) groups excluding carboxylic acids is 1. The van der Waals surface area contributed by atoms with E-state index in [1.165, 1.54) is 18.5 Å². The van der Waals surface area contributed by atoms with Gasteiger partial charge in [-0.1, -0.05) is 19.9 Å². The Morgan fingerprint density at radius 2 is 2.07 bits per heavy atom. The zero-order valence-corrected chi connectivity index (χ0v) is 15.5. The molecule has 0 unspecified atom stereocenters. The summed E-state index contributed by atoms with van der Waals surface area (Å²) in [6.45, 7) is 7.38. The molecule has 1 atom stereocenters. The van der Waals surface area contributed by atoms with E-state index in [9.17, 15) is 13.6 Å². The van der Waals surface area contributed by atoms with Crippen molar-refractivity contribution < 1.29 is 13.6 Å². The number of benzene rings is 1. The number of aliphatic imine (C=N–C) groups is 1. The highest BCUT2D eigenvalue weighted by Crippen LogP contribution is 2.33. The van der Waals surface area contributed by atoms with Crippen molar-refractivity contribution in [3.8, 4) is 0 Å². The SMILES string of the molecule is CCN1C(=O)c2ncn(Cc3ccc(F)cc3F)c2N2C[C@@H](C(C)C)N=C12. The molecule has 2 aromatic rings. The van der Waals surface area contributed by atoms with Crippen molar-refractivity contribution in [2.24, 2.45) is 10.9 Å². The number of anilines is 1. The van der Waals surface area contributed by atoms with Crippen LogP contribution in [0.25, 0.3) is 0 Å². The van der Waals surface area contributed by atoms with Crippen LogP contribution in [0.1, 0.15) is 36.8 Å². The Bertz CT molecular complexity index is 936. The molecule has 0 radical (unpaired) electrons. The van der Waals surface area contributed by atoms with Gasteiger partial charge in [-0.05, 0) is 18.9 Å². The van der Waals surface area contributed by atoms with Gasteiger partial charge in [0.1, 0.15) is 17.5 Å². The Balaban J connectivity index is 1.76. The zero-order chi connectivity index (χ0) is 19.3. The van der Waals surface area contributed by atoms with Gasteiger partial charge in [-0.15, -0.1) is 0 Å². The quantitative estimate of drug-likeness (QED) is 0.828. The summed E-state index contributed by atoms with van der Waals surface area (Å²) in [7, 11) is 0. The summed E-state index contributed by atoms with van der Waals surface area (Å²) in [5.74, 6) is 0.124. The molecule has 8 heteroatoms. The van der Waals surface area contributed by atoms with Crippen molar-refractivity contribution >= 4 is 17.7 Å². The van der Waals surface area contributed by atoms with E-state index in [4.69, 9.17) is 4.99 Å². The minimum atomic E-state index is -0.620. The Hall–Kier alpha value is -2.77. The monoisotopic (exact) mass is 373 g/mol. The summed E-state index contributed by atoms with van der Waals surface area (Å²) in [4.78, 5) is 25.5. The molecule has 6 nitrogen and oxygen atoms in total. The maximum atomic E-state index is 14.1. The highest BCUT2D eigenvalue weighted by atomic mass is 19.1. The Morgan fingerprint density at radius 3 is 2.74 bits per heavy atom. The van der Waals surface area contributed by atoms with Crippen LogP contribution >= 0.6 is 0 Å². The summed E-state index contributed by atoms with van der Waals surface area (Å²) in [6.07, 6.45) is 1.53. The second-order valence-corrected chi connectivity index (χ2v) is 7.18. The number of guanidine groups is 1. The average molecular weight is 373 g/mol. The topological polar surface area (TPSA) is 53.7 Å². The van der Waals surface area contributed by atoms with E-state index in [-0.39, 0.29) is 18.5 Å². The molecule has 27 heavy (non-hydrogen) atoms. The number of hydrogen-bond acceptors (Lipinski definition) is 4. The number of nitrogens with zero attached hydrogens (tertiary/aromatic N) is 5. The van der Waals surface area contributed by atoms with Gasteiger partial charge in [0.15, 0.2) is 5.69 Å². The number of carbonyl (C=O) groups is 1. The molecule has 0 fully saturated rings. The van der Waals surface area contributed by atoms with Crippen LogP contribution in [0, 0.1) is 17.6 Å². The van der Waals surface area contributed by atoms with E-state index in [2.05, 4.69) is 18.8 Å². The summed E-state index contributed by atoms with van der Waals surface area (Å²) in [5.41, 5.74) is 0.669. The average Bonchev–Trinajstić information content (AvgIpc) is 3.22. The molecule has 0 aliphatic carbocycles. The fraction of sp³-hybridized carbons (Fsp3) is 0.421. The van der Waals surface area contributed by atoms with E-state index >= 15 is 0 Å². The lowest BCUT2D eigenvalue weighted by Crippen LogP contribution is -2.50. The smallest absolute Gasteiger partial charge is 0.283 e. The van der Waals surface area contributed by atoms with Gasteiger partial charge in [-0.25, -0.2) is 18.8 Å². The second-order valence-electron chi connectivity index (χ2n) is 7.18. The van der Waals surface area contributed by atoms with Crippen molar-refractivity contribution in [3.63, 3.8) is 0 Å². The lowest BCUT2D eigenvalue weighted by atomic mass is 10.1. The fourth-order valence-electron chi connectivity index (χ4n) is 3.55. The predicted octanol–water partition coefficient (Wildman–Crippen LogP) is 2.89. The molecule has 0 saturated heterocycles. The van der Waals surface area contributed by atoms with Gasteiger partial charge in [0.05, 0.1) is 25.5 Å². The molecule has 1 aromatic carbocycles. The normalized spacial score (nSPS) is 18.8. The van der Waals surface area contributed by atoms with Crippen molar-refractivity contribution in [1.29, 1.82) is 0 Å². The highest BCUT2D eigenvalue weighted by Gasteiger charge is 2.42. The zero-order valence-electron chi connectivity index (χ0n) is 15.5. The van der Waals surface area contributed by atoms with Crippen LogP contribution in [0.15, 0.2) is 29.5 Å². The van der Waals surface area contributed by atoms with Gasteiger partial charge < -0.3 is 4.57 Å². The number of imidazole rings is 1. The highest BCUT2D eigenvalue weighted by molar-refractivity contribution is 6.18. The van der Waals surface area contributed by atoms with E-state index in [0.29, 0.717) is 42.0 Å². The fourth-order valence-corrected chi connectivity index (χ4v) is 3.55. The van der Waals surface area contributed by atoms with E-state index in [1.54, 1.807) is 9.47 Å². The van der Waals surface area contributed by atoms with Crippen LogP contribution in [0.4, 0.5) is 14.6 Å². The maximum Gasteiger partial charge on any atom is 0.283 e. The third-order valence-electron chi connectivity index (χ3n) is 5.09. The number of amides is 1. The molecule has 142 valence electrons. The molecule has 0 N–H and O–H groups in total. The number of fused-ring (bicyclic) bond motifs is 3. The largest absolute Gasteiger partial charge is 0.312 e. The van der Waals surface area contributed by atoms with Gasteiger partial charge >= 0.3 is 0 Å². The predicted molar refractivity (Wildman–Crippen MR) is 97.8 cm³/mol. The Labute approximate surface area is 156 Å². The van der Waals surface area contributed by atoms with E-state index in [0.717, 1.165) is 6.07 Å².